The van der Waals surface area contributed by atoms with Gasteiger partial charge in [0, 0.05) is 19.5 Å². The smallest absolute Gasteiger partial charge is 0.220 e. The molecule has 0 saturated heterocycles. The molecule has 1 amide bonds. The average molecular weight is 417 g/mol. The Morgan fingerprint density at radius 3 is 2.53 bits per heavy atom. The van der Waals surface area contributed by atoms with Gasteiger partial charge in [-0.05, 0) is 111 Å². The summed E-state index contributed by atoms with van der Waals surface area (Å²) >= 11 is 0. The van der Waals surface area contributed by atoms with E-state index in [1.807, 2.05) is 7.05 Å². The van der Waals surface area contributed by atoms with Crippen molar-refractivity contribution < 1.29 is 4.79 Å². The van der Waals surface area contributed by atoms with Gasteiger partial charge in [-0.15, -0.1) is 0 Å². The van der Waals surface area contributed by atoms with Gasteiger partial charge in [0.2, 0.25) is 5.91 Å². The van der Waals surface area contributed by atoms with Gasteiger partial charge in [0.15, 0.2) is 0 Å². The largest absolute Gasteiger partial charge is 0.355 e. The fourth-order valence-corrected chi connectivity index (χ4v) is 9.25. The summed E-state index contributed by atoms with van der Waals surface area (Å²) in [6.45, 7) is 9.40. The lowest BCUT2D eigenvalue weighted by atomic mass is 9.44. The first-order chi connectivity index (χ1) is 14.4. The molecule has 0 radical (unpaired) electrons. The second-order valence-electron chi connectivity index (χ2n) is 12.1. The topological polar surface area (TPSA) is 41.1 Å². The fourth-order valence-electron chi connectivity index (χ4n) is 9.25. The van der Waals surface area contributed by atoms with E-state index in [2.05, 4.69) is 31.4 Å². The van der Waals surface area contributed by atoms with Crippen LogP contribution in [0, 0.1) is 46.3 Å². The van der Waals surface area contributed by atoms with Crippen molar-refractivity contribution in [2.75, 3.05) is 20.1 Å². The first-order valence-electron chi connectivity index (χ1n) is 13.3. The molecule has 0 aromatic carbocycles. The Bertz CT molecular complexity index is 606. The van der Waals surface area contributed by atoms with Crippen LogP contribution in [0.2, 0.25) is 0 Å². The zero-order chi connectivity index (χ0) is 21.4. The molecule has 3 nitrogen and oxygen atoms in total. The fraction of sp³-hybridized carbons (Fsp3) is 0.963. The van der Waals surface area contributed by atoms with Crippen molar-refractivity contribution in [3.05, 3.63) is 0 Å². The molecule has 172 valence electrons. The Hall–Kier alpha value is -0.570. The second-order valence-corrected chi connectivity index (χ2v) is 12.1. The van der Waals surface area contributed by atoms with Crippen LogP contribution in [0.3, 0.4) is 0 Å². The minimum atomic E-state index is 0.240. The number of carbonyl (C=O) groups excluding carboxylic acids is 1. The van der Waals surface area contributed by atoms with E-state index >= 15 is 0 Å². The predicted octanol–water partition coefficient (Wildman–Crippen LogP) is 5.79. The Morgan fingerprint density at radius 2 is 1.73 bits per heavy atom. The Kier molecular flexibility index (Phi) is 6.88. The van der Waals surface area contributed by atoms with Gasteiger partial charge < -0.3 is 10.6 Å². The highest BCUT2D eigenvalue weighted by molar-refractivity contribution is 5.75. The van der Waals surface area contributed by atoms with E-state index in [4.69, 9.17) is 0 Å². The molecule has 30 heavy (non-hydrogen) atoms. The van der Waals surface area contributed by atoms with E-state index in [0.717, 1.165) is 49.1 Å². The molecule has 4 fully saturated rings. The molecule has 0 heterocycles. The molecule has 0 unspecified atom stereocenters. The first kappa shape index (κ1) is 22.6. The maximum atomic E-state index is 12.2. The number of likely N-dealkylation sites (N-methyl/N-ethyl adjacent to an activating group) is 1. The molecule has 4 aliphatic rings. The summed E-state index contributed by atoms with van der Waals surface area (Å²) < 4.78 is 0. The number of fused-ring (bicyclic) bond motifs is 5. The van der Waals surface area contributed by atoms with Crippen molar-refractivity contribution in [2.24, 2.45) is 46.3 Å². The molecular weight excluding hydrogens is 368 g/mol. The third-order valence-corrected chi connectivity index (χ3v) is 10.9. The van der Waals surface area contributed by atoms with Crippen molar-refractivity contribution in [2.45, 2.75) is 97.8 Å². The minimum Gasteiger partial charge on any atom is -0.355 e. The van der Waals surface area contributed by atoms with Crippen molar-refractivity contribution in [1.82, 2.24) is 10.6 Å². The quantitative estimate of drug-likeness (QED) is 0.516. The summed E-state index contributed by atoms with van der Waals surface area (Å²) in [5, 5.41) is 6.16. The maximum Gasteiger partial charge on any atom is 0.220 e. The van der Waals surface area contributed by atoms with Gasteiger partial charge in [0.05, 0.1) is 0 Å². The van der Waals surface area contributed by atoms with Crippen molar-refractivity contribution >= 4 is 5.91 Å². The highest BCUT2D eigenvalue weighted by Gasteiger charge is 2.60. The lowest BCUT2D eigenvalue weighted by Gasteiger charge is -2.61. The van der Waals surface area contributed by atoms with Crippen LogP contribution in [0.1, 0.15) is 97.8 Å². The Morgan fingerprint density at radius 1 is 0.933 bits per heavy atom. The van der Waals surface area contributed by atoms with E-state index < -0.39 is 0 Å². The summed E-state index contributed by atoms with van der Waals surface area (Å²) in [4.78, 5) is 12.2. The molecule has 2 N–H and O–H groups in total. The molecular formula is C27H48N2O. The van der Waals surface area contributed by atoms with Gasteiger partial charge in [-0.1, -0.05) is 33.6 Å². The van der Waals surface area contributed by atoms with Crippen LogP contribution in [0.15, 0.2) is 0 Å². The van der Waals surface area contributed by atoms with Gasteiger partial charge in [-0.3, -0.25) is 4.79 Å². The molecule has 4 saturated carbocycles. The first-order valence-corrected chi connectivity index (χ1v) is 13.3. The van der Waals surface area contributed by atoms with Crippen LogP contribution in [-0.4, -0.2) is 26.0 Å². The lowest BCUT2D eigenvalue weighted by Crippen LogP contribution is -2.53. The highest BCUT2D eigenvalue weighted by atomic mass is 16.1. The Labute approximate surface area is 185 Å². The van der Waals surface area contributed by atoms with Gasteiger partial charge in [0.25, 0.3) is 0 Å². The normalized spacial score (nSPS) is 43.9. The molecule has 0 bridgehead atoms. The maximum absolute atomic E-state index is 12.2. The van der Waals surface area contributed by atoms with Crippen LogP contribution in [0.4, 0.5) is 0 Å². The SMILES string of the molecule is CNCCNC(=O)CC[C@@H](C)[C@H]1CC[C@H]2[C@@H]3CC[C@@H]4CCCC[C@]4(C)[C@H]3CC[C@]12C. The summed E-state index contributed by atoms with van der Waals surface area (Å²) in [7, 11) is 1.93. The molecule has 4 rings (SSSR count). The number of amides is 1. The summed E-state index contributed by atoms with van der Waals surface area (Å²) in [6.07, 6.45) is 16.6. The zero-order valence-corrected chi connectivity index (χ0v) is 20.3. The molecule has 0 aromatic heterocycles. The summed E-state index contributed by atoms with van der Waals surface area (Å²) in [5.74, 6) is 5.71. The molecule has 0 aliphatic heterocycles. The number of nitrogens with one attached hydrogen (secondary N) is 2. The molecule has 0 spiro atoms. The van der Waals surface area contributed by atoms with Gasteiger partial charge in [0.1, 0.15) is 0 Å². The standard InChI is InChI=1S/C27H48N2O/c1-19(8-13-25(30)29-18-17-28-4)22-11-12-23-21-10-9-20-7-5-6-15-26(20,2)24(21)14-16-27(22,23)3/h19-24,28H,5-18H2,1-4H3,(H,29,30)/t19-,20+,21+,22-,23+,24+,26+,27-/m1/s1. The van der Waals surface area contributed by atoms with Crippen LogP contribution < -0.4 is 10.6 Å². The van der Waals surface area contributed by atoms with E-state index in [9.17, 15) is 4.79 Å². The average Bonchev–Trinajstić information content (AvgIpc) is 3.09. The van der Waals surface area contributed by atoms with Crippen LogP contribution in [-0.2, 0) is 4.79 Å². The molecule has 0 aromatic rings. The second kappa shape index (κ2) is 9.12. The molecule has 3 heteroatoms. The predicted molar refractivity (Wildman–Crippen MR) is 125 cm³/mol. The molecule has 4 aliphatic carbocycles. The van der Waals surface area contributed by atoms with Crippen LogP contribution in [0.25, 0.3) is 0 Å². The van der Waals surface area contributed by atoms with Gasteiger partial charge in [-0.25, -0.2) is 0 Å². The highest BCUT2D eigenvalue weighted by Crippen LogP contribution is 2.68. The zero-order valence-electron chi connectivity index (χ0n) is 20.3. The van der Waals surface area contributed by atoms with Crippen molar-refractivity contribution in [3.63, 3.8) is 0 Å². The van der Waals surface area contributed by atoms with Crippen LogP contribution in [0.5, 0.6) is 0 Å². The van der Waals surface area contributed by atoms with Crippen molar-refractivity contribution in [1.29, 1.82) is 0 Å². The van der Waals surface area contributed by atoms with Gasteiger partial charge >= 0.3 is 0 Å². The third kappa shape index (κ3) is 3.97. The Balaban J connectivity index is 1.38. The lowest BCUT2D eigenvalue weighted by molar-refractivity contribution is -0.122. The number of carbonyl (C=O) groups is 1. The van der Waals surface area contributed by atoms with E-state index in [-0.39, 0.29) is 5.91 Å². The number of hydrogen-bond acceptors (Lipinski definition) is 2. The van der Waals surface area contributed by atoms with E-state index in [1.165, 1.54) is 64.2 Å². The summed E-state index contributed by atoms with van der Waals surface area (Å²) in [6, 6.07) is 0. The number of rotatable bonds is 7. The van der Waals surface area contributed by atoms with E-state index in [0.29, 0.717) is 23.2 Å². The summed E-state index contributed by atoms with van der Waals surface area (Å²) in [5.41, 5.74) is 1.18. The third-order valence-electron chi connectivity index (χ3n) is 10.9. The molecule has 8 atom stereocenters. The monoisotopic (exact) mass is 416 g/mol. The van der Waals surface area contributed by atoms with Crippen molar-refractivity contribution in [3.8, 4) is 0 Å². The van der Waals surface area contributed by atoms with Crippen LogP contribution >= 0.6 is 0 Å². The van der Waals surface area contributed by atoms with Gasteiger partial charge in [-0.2, -0.15) is 0 Å². The number of hydrogen-bond donors (Lipinski definition) is 2. The van der Waals surface area contributed by atoms with E-state index in [1.54, 1.807) is 0 Å². The minimum absolute atomic E-state index is 0.240.